The van der Waals surface area contributed by atoms with Gasteiger partial charge in [0.1, 0.15) is 5.76 Å². The van der Waals surface area contributed by atoms with E-state index < -0.39 is 11.7 Å². The average Bonchev–Trinajstić information content (AvgIpc) is 2.51. The maximum Gasteiger partial charge on any atom is 0.296 e. The molecular weight excluding hydrogens is 346 g/mol. The van der Waals surface area contributed by atoms with Crippen LogP contribution in [0, 0.1) is 6.92 Å². The molecule has 0 spiro atoms. The van der Waals surface area contributed by atoms with Gasteiger partial charge in [-0.15, -0.1) is 0 Å². The summed E-state index contributed by atoms with van der Waals surface area (Å²) >= 11 is 3.36. The third-order valence-corrected chi connectivity index (χ3v) is 3.85. The van der Waals surface area contributed by atoms with E-state index in [0.717, 1.165) is 16.1 Å². The van der Waals surface area contributed by atoms with Crippen molar-refractivity contribution in [2.24, 2.45) is 0 Å². The summed E-state index contributed by atoms with van der Waals surface area (Å²) in [6, 6.07) is 13.8. The predicted octanol–water partition coefficient (Wildman–Crippen LogP) is 3.86. The third kappa shape index (κ3) is 4.05. The zero-order valence-corrected chi connectivity index (χ0v) is 13.4. The summed E-state index contributed by atoms with van der Waals surface area (Å²) in [6.07, 6.45) is 0.911. The predicted molar refractivity (Wildman–Crippen MR) is 89.6 cm³/mol. The molecule has 4 nitrogen and oxygen atoms in total. The van der Waals surface area contributed by atoms with E-state index in [1.807, 2.05) is 13.0 Å². The first-order chi connectivity index (χ1) is 10.5. The van der Waals surface area contributed by atoms with Gasteiger partial charge in [-0.05, 0) is 24.6 Å². The van der Waals surface area contributed by atoms with Crippen molar-refractivity contribution in [1.29, 1.82) is 0 Å². The normalized spacial score (nSPS) is 11.1. The van der Waals surface area contributed by atoms with E-state index in [4.69, 9.17) is 0 Å². The van der Waals surface area contributed by atoms with Crippen molar-refractivity contribution in [2.75, 3.05) is 5.32 Å². The maximum atomic E-state index is 11.8. The Bertz CT molecular complexity index is 739. The highest BCUT2D eigenvalue weighted by molar-refractivity contribution is 9.10. The topological polar surface area (TPSA) is 66.4 Å². The fraction of sp³-hybridized carbons (Fsp3) is 0.0588. The summed E-state index contributed by atoms with van der Waals surface area (Å²) in [5.41, 5.74) is 2.00. The van der Waals surface area contributed by atoms with Crippen LogP contribution in [-0.2, 0) is 9.59 Å². The number of halogens is 1. The van der Waals surface area contributed by atoms with Crippen LogP contribution in [0.3, 0.4) is 0 Å². The summed E-state index contributed by atoms with van der Waals surface area (Å²) in [4.78, 5) is 23.7. The summed E-state index contributed by atoms with van der Waals surface area (Å²) in [5.74, 6) is -1.87. The van der Waals surface area contributed by atoms with Crippen LogP contribution in [0.25, 0.3) is 5.76 Å². The summed E-state index contributed by atoms with van der Waals surface area (Å²) < 4.78 is 0.834. The lowest BCUT2D eigenvalue weighted by Gasteiger charge is -2.05. The van der Waals surface area contributed by atoms with Gasteiger partial charge < -0.3 is 10.4 Å². The Morgan fingerprint density at radius 2 is 1.82 bits per heavy atom. The molecule has 0 aromatic heterocycles. The Labute approximate surface area is 136 Å². The molecule has 0 bridgehead atoms. The molecule has 0 saturated heterocycles. The number of aryl methyl sites for hydroxylation is 1. The van der Waals surface area contributed by atoms with Crippen LogP contribution in [0.4, 0.5) is 5.69 Å². The molecule has 0 aliphatic carbocycles. The summed E-state index contributed by atoms with van der Waals surface area (Å²) in [6.45, 7) is 1.92. The Balaban J connectivity index is 2.09. The fourth-order valence-electron chi connectivity index (χ4n) is 1.75. The van der Waals surface area contributed by atoms with Crippen LogP contribution in [0.5, 0.6) is 0 Å². The van der Waals surface area contributed by atoms with Crippen molar-refractivity contribution in [2.45, 2.75) is 6.92 Å². The van der Waals surface area contributed by atoms with Gasteiger partial charge in [0.15, 0.2) is 0 Å². The molecule has 0 aliphatic rings. The minimum Gasteiger partial charge on any atom is -0.507 e. The monoisotopic (exact) mass is 359 g/mol. The summed E-state index contributed by atoms with van der Waals surface area (Å²) in [7, 11) is 0. The molecule has 22 heavy (non-hydrogen) atoms. The van der Waals surface area contributed by atoms with Gasteiger partial charge in [0.25, 0.3) is 5.91 Å². The molecule has 112 valence electrons. The fourth-order valence-corrected chi connectivity index (χ4v) is 2.12. The highest BCUT2D eigenvalue weighted by Gasteiger charge is 2.13. The maximum absolute atomic E-state index is 11.8. The zero-order chi connectivity index (χ0) is 16.1. The number of carbonyl (C=O) groups excluding carboxylic acids is 2. The quantitative estimate of drug-likeness (QED) is 0.494. The van der Waals surface area contributed by atoms with Crippen molar-refractivity contribution in [3.63, 3.8) is 0 Å². The Hall–Kier alpha value is -2.40. The van der Waals surface area contributed by atoms with Crippen LogP contribution in [0.15, 0.2) is 59.1 Å². The van der Waals surface area contributed by atoms with Crippen LogP contribution in [0.1, 0.15) is 11.1 Å². The highest BCUT2D eigenvalue weighted by Crippen LogP contribution is 2.20. The number of amides is 1. The molecule has 1 amide bonds. The molecule has 2 N–H and O–H groups in total. The highest BCUT2D eigenvalue weighted by atomic mass is 79.9. The van der Waals surface area contributed by atoms with Gasteiger partial charge in [0.2, 0.25) is 5.78 Å². The van der Waals surface area contributed by atoms with E-state index >= 15 is 0 Å². The number of anilines is 1. The van der Waals surface area contributed by atoms with Crippen LogP contribution in [-0.4, -0.2) is 16.8 Å². The molecule has 0 heterocycles. The second-order valence-electron chi connectivity index (χ2n) is 4.68. The molecule has 2 aromatic carbocycles. The molecular formula is C17H14BrNO3. The number of aliphatic hydroxyl groups is 1. The Morgan fingerprint density at radius 3 is 2.45 bits per heavy atom. The van der Waals surface area contributed by atoms with Crippen molar-refractivity contribution in [3.05, 3.63) is 70.2 Å². The molecule has 0 atom stereocenters. The molecule has 5 heteroatoms. The number of benzene rings is 2. The second kappa shape index (κ2) is 7.04. The lowest BCUT2D eigenvalue weighted by atomic mass is 10.1. The molecule has 0 unspecified atom stereocenters. The van der Waals surface area contributed by atoms with Gasteiger partial charge in [-0.2, -0.15) is 0 Å². The van der Waals surface area contributed by atoms with Crippen LogP contribution < -0.4 is 5.32 Å². The molecule has 2 rings (SSSR count). The van der Waals surface area contributed by atoms with Crippen molar-refractivity contribution < 1.29 is 14.7 Å². The van der Waals surface area contributed by atoms with Crippen LogP contribution in [0.2, 0.25) is 0 Å². The number of hydrogen-bond acceptors (Lipinski definition) is 3. The van der Waals surface area contributed by atoms with E-state index in [2.05, 4.69) is 21.2 Å². The second-order valence-corrected chi connectivity index (χ2v) is 5.53. The van der Waals surface area contributed by atoms with Gasteiger partial charge in [-0.25, -0.2) is 0 Å². The number of hydrogen-bond donors (Lipinski definition) is 2. The van der Waals surface area contributed by atoms with Crippen molar-refractivity contribution >= 4 is 39.1 Å². The van der Waals surface area contributed by atoms with E-state index in [-0.39, 0.29) is 5.76 Å². The number of ketones is 1. The van der Waals surface area contributed by atoms with E-state index in [9.17, 15) is 14.7 Å². The number of rotatable bonds is 4. The largest absolute Gasteiger partial charge is 0.507 e. The van der Waals surface area contributed by atoms with E-state index in [1.165, 1.54) is 0 Å². The van der Waals surface area contributed by atoms with Crippen molar-refractivity contribution in [1.82, 2.24) is 0 Å². The molecule has 2 aromatic rings. The SMILES string of the molecule is Cc1ccc(NC(=O)C(=O)/C=C(/O)c2ccccc2)cc1Br. The lowest BCUT2D eigenvalue weighted by Crippen LogP contribution is -2.21. The standard InChI is InChI=1S/C17H14BrNO3/c1-11-7-8-13(9-14(11)18)19-17(22)16(21)10-15(20)12-5-3-2-4-6-12/h2-10,20H,1H3,(H,19,22)/b15-10+. The minimum atomic E-state index is -0.821. The summed E-state index contributed by atoms with van der Waals surface area (Å²) in [5, 5.41) is 12.3. The van der Waals surface area contributed by atoms with Crippen molar-refractivity contribution in [3.8, 4) is 0 Å². The Kier molecular flexibility index (Phi) is 5.12. The van der Waals surface area contributed by atoms with Gasteiger partial charge in [0.05, 0.1) is 0 Å². The number of aliphatic hydroxyl groups excluding tert-OH is 1. The minimum absolute atomic E-state index is 0.245. The van der Waals surface area contributed by atoms with E-state index in [1.54, 1.807) is 42.5 Å². The first-order valence-corrected chi connectivity index (χ1v) is 7.34. The zero-order valence-electron chi connectivity index (χ0n) is 11.8. The van der Waals surface area contributed by atoms with Gasteiger partial charge in [0, 0.05) is 21.8 Å². The smallest absolute Gasteiger partial charge is 0.296 e. The molecule has 0 aliphatic heterocycles. The number of nitrogens with one attached hydrogen (secondary N) is 1. The molecule has 0 saturated carbocycles. The lowest BCUT2D eigenvalue weighted by molar-refractivity contribution is -0.131. The van der Waals surface area contributed by atoms with Gasteiger partial charge >= 0.3 is 0 Å². The van der Waals surface area contributed by atoms with Gasteiger partial charge in [-0.1, -0.05) is 52.3 Å². The average molecular weight is 360 g/mol. The first-order valence-electron chi connectivity index (χ1n) is 6.55. The molecule has 0 radical (unpaired) electrons. The molecule has 0 fully saturated rings. The van der Waals surface area contributed by atoms with Gasteiger partial charge in [-0.3, -0.25) is 9.59 Å². The van der Waals surface area contributed by atoms with Crippen LogP contribution >= 0.6 is 15.9 Å². The number of carbonyl (C=O) groups is 2. The third-order valence-electron chi connectivity index (χ3n) is 2.99. The van der Waals surface area contributed by atoms with E-state index in [0.29, 0.717) is 11.3 Å². The Morgan fingerprint density at radius 1 is 1.14 bits per heavy atom. The first kappa shape index (κ1) is 16.0.